The summed E-state index contributed by atoms with van der Waals surface area (Å²) < 4.78 is 6.90. The molecule has 0 saturated carbocycles. The second kappa shape index (κ2) is 7.20. The molecule has 0 bridgehead atoms. The molecule has 0 aromatic heterocycles. The molecule has 5 heteroatoms. The van der Waals surface area contributed by atoms with Crippen molar-refractivity contribution in [3.63, 3.8) is 0 Å². The molecule has 1 heterocycles. The summed E-state index contributed by atoms with van der Waals surface area (Å²) in [7, 11) is 0. The number of ether oxygens (including phenoxy) is 1. The van der Waals surface area contributed by atoms with Gasteiger partial charge in [-0.15, -0.1) is 0 Å². The van der Waals surface area contributed by atoms with E-state index in [-0.39, 0.29) is 24.4 Å². The van der Waals surface area contributed by atoms with Crippen LogP contribution in [0.4, 0.5) is 0 Å². The van der Waals surface area contributed by atoms with Gasteiger partial charge in [0.2, 0.25) is 0 Å². The molecule has 1 aromatic carbocycles. The fraction of sp³-hybridized carbons (Fsp3) is 0.625. The second-order valence-corrected chi connectivity index (χ2v) is 7.28. The molecule has 1 aliphatic heterocycles. The number of halogens is 1. The lowest BCUT2D eigenvalue weighted by Crippen LogP contribution is -2.54. The molecule has 4 nitrogen and oxygen atoms in total. The number of benzene rings is 1. The Morgan fingerprint density at radius 2 is 2.10 bits per heavy atom. The predicted molar refractivity (Wildman–Crippen MR) is 88.2 cm³/mol. The highest BCUT2D eigenvalue weighted by atomic mass is 79.9. The van der Waals surface area contributed by atoms with Gasteiger partial charge in [-0.3, -0.25) is 4.90 Å². The van der Waals surface area contributed by atoms with Gasteiger partial charge in [0.1, 0.15) is 0 Å². The van der Waals surface area contributed by atoms with Crippen LogP contribution < -0.4 is 5.73 Å². The van der Waals surface area contributed by atoms with Gasteiger partial charge >= 0.3 is 0 Å². The summed E-state index contributed by atoms with van der Waals surface area (Å²) in [6.45, 7) is 6.76. The maximum absolute atomic E-state index is 9.34. The molecule has 0 amide bonds. The van der Waals surface area contributed by atoms with Crippen molar-refractivity contribution in [3.8, 4) is 0 Å². The van der Waals surface area contributed by atoms with E-state index in [0.29, 0.717) is 0 Å². The fourth-order valence-electron chi connectivity index (χ4n) is 2.88. The maximum atomic E-state index is 9.34. The lowest BCUT2D eigenvalue weighted by molar-refractivity contribution is -0.149. The number of morpholine rings is 1. The SMILES string of the molecule is CC1(C)CN(CCC(N)c2ccc(Br)cc2)CC(CO)O1. The van der Waals surface area contributed by atoms with Crippen molar-refractivity contribution >= 4 is 15.9 Å². The van der Waals surface area contributed by atoms with Crippen molar-refractivity contribution in [1.29, 1.82) is 0 Å². The van der Waals surface area contributed by atoms with Crippen molar-refractivity contribution < 1.29 is 9.84 Å². The van der Waals surface area contributed by atoms with E-state index >= 15 is 0 Å². The van der Waals surface area contributed by atoms with Crippen LogP contribution in [-0.4, -0.2) is 48.0 Å². The van der Waals surface area contributed by atoms with Crippen LogP contribution in [0, 0.1) is 0 Å². The van der Waals surface area contributed by atoms with Crippen LogP contribution >= 0.6 is 15.9 Å². The topological polar surface area (TPSA) is 58.7 Å². The summed E-state index contributed by atoms with van der Waals surface area (Å²) in [5.74, 6) is 0. The Morgan fingerprint density at radius 1 is 1.43 bits per heavy atom. The van der Waals surface area contributed by atoms with Crippen molar-refractivity contribution in [2.45, 2.75) is 38.0 Å². The second-order valence-electron chi connectivity index (χ2n) is 6.36. The van der Waals surface area contributed by atoms with Crippen molar-refractivity contribution in [2.24, 2.45) is 5.73 Å². The van der Waals surface area contributed by atoms with Crippen LogP contribution in [-0.2, 0) is 4.74 Å². The zero-order valence-corrected chi connectivity index (χ0v) is 14.3. The zero-order chi connectivity index (χ0) is 15.5. The number of hydrogen-bond donors (Lipinski definition) is 2. The van der Waals surface area contributed by atoms with Crippen molar-refractivity contribution in [3.05, 3.63) is 34.3 Å². The average molecular weight is 357 g/mol. The van der Waals surface area contributed by atoms with Gasteiger partial charge in [0, 0.05) is 30.1 Å². The van der Waals surface area contributed by atoms with Gasteiger partial charge < -0.3 is 15.6 Å². The molecule has 21 heavy (non-hydrogen) atoms. The molecule has 1 fully saturated rings. The highest BCUT2D eigenvalue weighted by Crippen LogP contribution is 2.23. The van der Waals surface area contributed by atoms with Crippen molar-refractivity contribution in [2.75, 3.05) is 26.2 Å². The number of nitrogens with two attached hydrogens (primary N) is 1. The molecule has 0 aliphatic carbocycles. The van der Waals surface area contributed by atoms with E-state index in [0.717, 1.165) is 36.1 Å². The number of aliphatic hydroxyl groups is 1. The number of aliphatic hydroxyl groups excluding tert-OH is 1. The van der Waals surface area contributed by atoms with Crippen molar-refractivity contribution in [1.82, 2.24) is 4.90 Å². The maximum Gasteiger partial charge on any atom is 0.0940 e. The Kier molecular flexibility index (Phi) is 5.80. The van der Waals surface area contributed by atoms with Gasteiger partial charge in [0.15, 0.2) is 0 Å². The number of hydrogen-bond acceptors (Lipinski definition) is 4. The quantitative estimate of drug-likeness (QED) is 0.849. The predicted octanol–water partition coefficient (Wildman–Crippen LogP) is 2.31. The van der Waals surface area contributed by atoms with E-state index in [1.54, 1.807) is 0 Å². The summed E-state index contributed by atoms with van der Waals surface area (Å²) >= 11 is 3.44. The Bertz CT molecular complexity index is 450. The largest absolute Gasteiger partial charge is 0.394 e. The van der Waals surface area contributed by atoms with E-state index in [1.807, 2.05) is 12.1 Å². The third-order valence-electron chi connectivity index (χ3n) is 3.81. The highest BCUT2D eigenvalue weighted by Gasteiger charge is 2.32. The minimum absolute atomic E-state index is 0.0385. The summed E-state index contributed by atoms with van der Waals surface area (Å²) in [5, 5.41) is 9.34. The van der Waals surface area contributed by atoms with Gasteiger partial charge in [0.05, 0.1) is 18.3 Å². The van der Waals surface area contributed by atoms with Gasteiger partial charge in [-0.25, -0.2) is 0 Å². The van der Waals surface area contributed by atoms with Crippen LogP contribution in [0.2, 0.25) is 0 Å². The Labute approximate surface area is 135 Å². The Hall–Kier alpha value is -0.460. The van der Waals surface area contributed by atoms with E-state index in [9.17, 15) is 5.11 Å². The first-order chi connectivity index (χ1) is 9.89. The summed E-state index contributed by atoms with van der Waals surface area (Å²) in [6.07, 6.45) is 0.799. The minimum Gasteiger partial charge on any atom is -0.394 e. The van der Waals surface area contributed by atoms with Crippen LogP contribution in [0.25, 0.3) is 0 Å². The fourth-order valence-corrected chi connectivity index (χ4v) is 3.14. The first-order valence-electron chi connectivity index (χ1n) is 7.42. The standard InChI is InChI=1S/C16H25BrN2O2/c1-16(2)11-19(9-14(10-20)21-16)8-7-15(18)12-3-5-13(17)6-4-12/h3-6,14-15,20H,7-11,18H2,1-2H3. The van der Waals surface area contributed by atoms with Gasteiger partial charge in [-0.2, -0.15) is 0 Å². The molecule has 1 aromatic rings. The Morgan fingerprint density at radius 3 is 2.71 bits per heavy atom. The van der Waals surface area contributed by atoms with Crippen LogP contribution in [0.3, 0.4) is 0 Å². The smallest absolute Gasteiger partial charge is 0.0940 e. The normalized spacial score (nSPS) is 24.0. The molecule has 1 saturated heterocycles. The van der Waals surface area contributed by atoms with E-state index in [4.69, 9.17) is 10.5 Å². The lowest BCUT2D eigenvalue weighted by atomic mass is 10.0. The number of rotatable bonds is 5. The summed E-state index contributed by atoms with van der Waals surface area (Å²) in [4.78, 5) is 2.34. The van der Waals surface area contributed by atoms with E-state index in [2.05, 4.69) is 46.8 Å². The highest BCUT2D eigenvalue weighted by molar-refractivity contribution is 9.10. The third kappa shape index (κ3) is 5.04. The monoisotopic (exact) mass is 356 g/mol. The van der Waals surface area contributed by atoms with Gasteiger partial charge in [0.25, 0.3) is 0 Å². The lowest BCUT2D eigenvalue weighted by Gasteiger charge is -2.42. The molecule has 2 atom stereocenters. The van der Waals surface area contributed by atoms with E-state index in [1.165, 1.54) is 0 Å². The molecular weight excluding hydrogens is 332 g/mol. The molecule has 0 radical (unpaired) electrons. The molecule has 2 unspecified atom stereocenters. The molecule has 2 rings (SSSR count). The first kappa shape index (κ1) is 16.9. The van der Waals surface area contributed by atoms with Gasteiger partial charge in [-0.05, 0) is 38.0 Å². The Balaban J connectivity index is 1.88. The van der Waals surface area contributed by atoms with Crippen LogP contribution in [0.15, 0.2) is 28.7 Å². The third-order valence-corrected chi connectivity index (χ3v) is 4.34. The summed E-state index contributed by atoms with van der Waals surface area (Å²) in [5.41, 5.74) is 7.22. The van der Waals surface area contributed by atoms with Crippen LogP contribution in [0.1, 0.15) is 31.9 Å². The summed E-state index contributed by atoms with van der Waals surface area (Å²) in [6, 6.07) is 8.21. The molecule has 0 spiro atoms. The first-order valence-corrected chi connectivity index (χ1v) is 8.21. The number of nitrogens with zero attached hydrogens (tertiary/aromatic N) is 1. The molecular formula is C16H25BrN2O2. The molecule has 3 N–H and O–H groups in total. The average Bonchev–Trinajstić information content (AvgIpc) is 2.44. The van der Waals surface area contributed by atoms with Crippen LogP contribution in [0.5, 0.6) is 0 Å². The van der Waals surface area contributed by atoms with E-state index < -0.39 is 0 Å². The minimum atomic E-state index is -0.215. The van der Waals surface area contributed by atoms with Gasteiger partial charge in [-0.1, -0.05) is 28.1 Å². The zero-order valence-electron chi connectivity index (χ0n) is 12.8. The molecule has 118 valence electrons. The molecule has 1 aliphatic rings.